The predicted octanol–water partition coefficient (Wildman–Crippen LogP) is 4.59. The predicted molar refractivity (Wildman–Crippen MR) is 99.8 cm³/mol. The summed E-state index contributed by atoms with van der Waals surface area (Å²) < 4.78 is 0. The Morgan fingerprint density at radius 2 is 2.04 bits per heavy atom. The van der Waals surface area contributed by atoms with Gasteiger partial charge in [-0.05, 0) is 18.4 Å². The quantitative estimate of drug-likeness (QED) is 0.710. The monoisotopic (exact) mass is 348 g/mol. The summed E-state index contributed by atoms with van der Waals surface area (Å²) in [5.41, 5.74) is 2.28. The first kappa shape index (κ1) is 18.0. The van der Waals surface area contributed by atoms with Gasteiger partial charge in [-0.2, -0.15) is 11.8 Å². The molecular weight excluding hydrogens is 324 g/mol. The molecule has 0 unspecified atom stereocenters. The molecule has 1 aromatic heterocycles. The van der Waals surface area contributed by atoms with Gasteiger partial charge < -0.3 is 5.32 Å². The number of carbonyl (C=O) groups is 1. The smallest absolute Gasteiger partial charge is 0.221 e. The third-order valence-corrected chi connectivity index (χ3v) is 5.35. The van der Waals surface area contributed by atoms with Crippen LogP contribution < -0.4 is 5.32 Å². The number of hydrogen-bond acceptors (Lipinski definition) is 4. The van der Waals surface area contributed by atoms with Crippen LogP contribution >= 0.6 is 23.1 Å². The number of thioether (sulfide) groups is 1. The van der Waals surface area contributed by atoms with Crippen LogP contribution in [0.3, 0.4) is 0 Å². The van der Waals surface area contributed by atoms with Gasteiger partial charge in [-0.15, -0.1) is 11.3 Å². The van der Waals surface area contributed by atoms with Gasteiger partial charge in [0.1, 0.15) is 0 Å². The van der Waals surface area contributed by atoms with E-state index in [0.29, 0.717) is 12.3 Å². The van der Waals surface area contributed by atoms with Crippen LogP contribution in [0.2, 0.25) is 0 Å². The van der Waals surface area contributed by atoms with Gasteiger partial charge in [-0.1, -0.05) is 44.2 Å². The lowest BCUT2D eigenvalue weighted by Gasteiger charge is -2.23. The Labute approximate surface area is 146 Å². The molecule has 124 valence electrons. The van der Waals surface area contributed by atoms with Crippen LogP contribution in [-0.2, 0) is 10.5 Å². The van der Waals surface area contributed by atoms with E-state index in [1.165, 1.54) is 5.56 Å². The zero-order chi connectivity index (χ0) is 16.7. The van der Waals surface area contributed by atoms with Gasteiger partial charge in [0.2, 0.25) is 5.91 Å². The van der Waals surface area contributed by atoms with Gasteiger partial charge in [0.25, 0.3) is 0 Å². The number of aryl methyl sites for hydroxylation is 1. The van der Waals surface area contributed by atoms with Gasteiger partial charge in [-0.3, -0.25) is 4.79 Å². The summed E-state index contributed by atoms with van der Waals surface area (Å²) >= 11 is 3.44. The minimum atomic E-state index is 0.0786. The Hall–Kier alpha value is -1.33. The summed E-state index contributed by atoms with van der Waals surface area (Å²) in [6.07, 6.45) is 0.545. The number of benzene rings is 1. The third kappa shape index (κ3) is 5.99. The highest BCUT2D eigenvalue weighted by Gasteiger charge is 2.17. The second-order valence-electron chi connectivity index (χ2n) is 5.86. The Balaban J connectivity index is 1.76. The molecule has 0 bridgehead atoms. The molecule has 1 amide bonds. The van der Waals surface area contributed by atoms with E-state index in [2.05, 4.69) is 41.7 Å². The molecule has 5 heteroatoms. The Bertz CT molecular complexity index is 610. The molecule has 0 aliphatic carbocycles. The average molecular weight is 349 g/mol. The van der Waals surface area contributed by atoms with E-state index in [-0.39, 0.29) is 11.9 Å². The van der Waals surface area contributed by atoms with Crippen molar-refractivity contribution in [1.29, 1.82) is 0 Å². The number of amides is 1. The average Bonchev–Trinajstić information content (AvgIpc) is 2.95. The summed E-state index contributed by atoms with van der Waals surface area (Å²) in [4.78, 5) is 16.6. The van der Waals surface area contributed by atoms with Crippen LogP contribution in [0.15, 0.2) is 35.7 Å². The van der Waals surface area contributed by atoms with Crippen LogP contribution in [0.25, 0.3) is 0 Å². The second-order valence-corrected chi connectivity index (χ2v) is 8.03. The highest BCUT2D eigenvalue weighted by atomic mass is 32.2. The zero-order valence-electron chi connectivity index (χ0n) is 13.9. The van der Waals surface area contributed by atoms with Gasteiger partial charge in [0.15, 0.2) is 0 Å². The first-order valence-corrected chi connectivity index (χ1v) is 9.92. The molecule has 1 atom stereocenters. The second kappa shape index (κ2) is 9.08. The van der Waals surface area contributed by atoms with Crippen molar-refractivity contribution in [2.24, 2.45) is 5.92 Å². The molecule has 1 heterocycles. The maximum Gasteiger partial charge on any atom is 0.221 e. The van der Waals surface area contributed by atoms with E-state index < -0.39 is 0 Å². The number of thiazole rings is 1. The Morgan fingerprint density at radius 3 is 2.65 bits per heavy atom. The normalized spacial score (nSPS) is 12.3. The summed E-state index contributed by atoms with van der Waals surface area (Å²) in [7, 11) is 0. The highest BCUT2D eigenvalue weighted by molar-refractivity contribution is 7.98. The van der Waals surface area contributed by atoms with E-state index in [4.69, 9.17) is 0 Å². The van der Waals surface area contributed by atoms with Crippen molar-refractivity contribution in [2.75, 3.05) is 5.75 Å². The van der Waals surface area contributed by atoms with Gasteiger partial charge >= 0.3 is 0 Å². The van der Waals surface area contributed by atoms with Crippen LogP contribution in [0, 0.1) is 12.8 Å². The zero-order valence-corrected chi connectivity index (χ0v) is 15.5. The van der Waals surface area contributed by atoms with Crippen molar-refractivity contribution >= 4 is 29.0 Å². The van der Waals surface area contributed by atoms with Crippen LogP contribution in [-0.4, -0.2) is 16.6 Å². The topological polar surface area (TPSA) is 42.0 Å². The molecule has 0 radical (unpaired) electrons. The first-order valence-electron chi connectivity index (χ1n) is 7.89. The largest absolute Gasteiger partial charge is 0.349 e. The molecule has 1 N–H and O–H groups in total. The summed E-state index contributed by atoms with van der Waals surface area (Å²) in [6, 6.07) is 10.3. The maximum absolute atomic E-state index is 12.2. The number of nitrogens with one attached hydrogen (secondary N) is 1. The lowest BCUT2D eigenvalue weighted by Crippen LogP contribution is -2.31. The molecule has 1 aromatic carbocycles. The van der Waals surface area contributed by atoms with Crippen LogP contribution in [0.4, 0.5) is 0 Å². The molecule has 0 saturated carbocycles. The van der Waals surface area contributed by atoms with Crippen molar-refractivity contribution in [3.05, 3.63) is 52.0 Å². The Kier molecular flexibility index (Phi) is 7.12. The third-order valence-electron chi connectivity index (χ3n) is 3.53. The van der Waals surface area contributed by atoms with E-state index in [1.807, 2.05) is 25.1 Å². The molecule has 0 aliphatic heterocycles. The molecule has 0 aliphatic rings. The molecule has 3 nitrogen and oxygen atoms in total. The molecule has 2 rings (SSSR count). The molecule has 0 fully saturated rings. The van der Waals surface area contributed by atoms with E-state index >= 15 is 0 Å². The summed E-state index contributed by atoms with van der Waals surface area (Å²) in [6.45, 7) is 6.29. The first-order chi connectivity index (χ1) is 11.1. The molecule has 0 spiro atoms. The van der Waals surface area contributed by atoms with Gasteiger partial charge in [0, 0.05) is 23.3 Å². The minimum Gasteiger partial charge on any atom is -0.349 e. The van der Waals surface area contributed by atoms with E-state index in [9.17, 15) is 4.79 Å². The lowest BCUT2D eigenvalue weighted by molar-refractivity contribution is -0.121. The van der Waals surface area contributed by atoms with E-state index in [1.54, 1.807) is 23.1 Å². The van der Waals surface area contributed by atoms with Crippen LogP contribution in [0.1, 0.15) is 42.6 Å². The molecule has 2 aromatic rings. The summed E-state index contributed by atoms with van der Waals surface area (Å²) in [5, 5.41) is 6.36. The fourth-order valence-corrected chi connectivity index (χ4v) is 3.91. The van der Waals surface area contributed by atoms with Crippen molar-refractivity contribution in [2.45, 2.75) is 39.0 Å². The standard InChI is InChI=1S/C18H24N2OS2/c1-13(2)18(15-7-5-4-6-8-15)20-17(21)9-10-22-11-16-12-23-14(3)19-16/h4-8,12-13,18H,9-11H2,1-3H3,(H,20,21)/t18-/m1/s1. The highest BCUT2D eigenvalue weighted by Crippen LogP contribution is 2.22. The Morgan fingerprint density at radius 1 is 1.30 bits per heavy atom. The molecule has 0 saturated heterocycles. The van der Waals surface area contributed by atoms with Crippen molar-refractivity contribution in [3.8, 4) is 0 Å². The fourth-order valence-electron chi connectivity index (χ4n) is 2.36. The minimum absolute atomic E-state index is 0.0786. The fraction of sp³-hybridized carbons (Fsp3) is 0.444. The van der Waals surface area contributed by atoms with Crippen LogP contribution in [0.5, 0.6) is 0 Å². The molecular formula is C18H24N2OS2. The maximum atomic E-state index is 12.2. The number of carbonyl (C=O) groups excluding carboxylic acids is 1. The molecule has 23 heavy (non-hydrogen) atoms. The van der Waals surface area contributed by atoms with E-state index in [0.717, 1.165) is 22.2 Å². The van der Waals surface area contributed by atoms with Gasteiger partial charge in [-0.25, -0.2) is 4.98 Å². The number of rotatable bonds is 8. The SMILES string of the molecule is Cc1nc(CSCCC(=O)N[C@@H](c2ccccc2)C(C)C)cs1. The lowest BCUT2D eigenvalue weighted by atomic mass is 9.96. The van der Waals surface area contributed by atoms with Crippen molar-refractivity contribution < 1.29 is 4.79 Å². The van der Waals surface area contributed by atoms with Crippen molar-refractivity contribution in [1.82, 2.24) is 10.3 Å². The number of nitrogens with zero attached hydrogens (tertiary/aromatic N) is 1. The summed E-state index contributed by atoms with van der Waals surface area (Å²) in [5.74, 6) is 2.19. The van der Waals surface area contributed by atoms with Crippen molar-refractivity contribution in [3.63, 3.8) is 0 Å². The number of hydrogen-bond donors (Lipinski definition) is 1. The number of aromatic nitrogens is 1. The van der Waals surface area contributed by atoms with Gasteiger partial charge in [0.05, 0.1) is 16.7 Å².